The largest absolute Gasteiger partial charge is 0.342 e. The molecule has 0 unspecified atom stereocenters. The molecule has 1 amide bonds. The number of nitrogens with one attached hydrogen (secondary N) is 1. The molecular weight excluding hydrogens is 360 g/mol. The molecule has 3 heterocycles. The first-order valence-electron chi connectivity index (χ1n) is 11.1. The minimum Gasteiger partial charge on any atom is -0.342 e. The molecule has 0 radical (unpaired) electrons. The molecule has 1 saturated carbocycles. The zero-order chi connectivity index (χ0) is 19.9. The van der Waals surface area contributed by atoms with Crippen LogP contribution in [0.25, 0.3) is 0 Å². The van der Waals surface area contributed by atoms with Crippen molar-refractivity contribution >= 4 is 5.91 Å². The molecule has 1 N–H and O–H groups in total. The first kappa shape index (κ1) is 20.0. The average molecular weight is 393 g/mol. The molecule has 2 aromatic heterocycles. The van der Waals surface area contributed by atoms with Gasteiger partial charge < -0.3 is 10.2 Å². The second kappa shape index (κ2) is 9.97. The zero-order valence-electron chi connectivity index (χ0n) is 17.2. The lowest BCUT2D eigenvalue weighted by Crippen LogP contribution is -2.45. The van der Waals surface area contributed by atoms with Gasteiger partial charge in [-0.2, -0.15) is 0 Å². The van der Waals surface area contributed by atoms with E-state index in [-0.39, 0.29) is 11.9 Å². The Kier molecular flexibility index (Phi) is 6.88. The smallest absolute Gasteiger partial charge is 0.270 e. The van der Waals surface area contributed by atoms with Crippen LogP contribution in [0.1, 0.15) is 67.2 Å². The Balaban J connectivity index is 1.47. The number of rotatable bonds is 6. The summed E-state index contributed by atoms with van der Waals surface area (Å²) in [6.07, 6.45) is 12.7. The highest BCUT2D eigenvalue weighted by Gasteiger charge is 2.31. The molecule has 1 aliphatic carbocycles. The molecule has 4 rings (SSSR count). The third-order valence-electron chi connectivity index (χ3n) is 6.45. The lowest BCUT2D eigenvalue weighted by Gasteiger charge is -2.39. The number of carbonyl (C=O) groups excluding carboxylic acids is 1. The van der Waals surface area contributed by atoms with Crippen molar-refractivity contribution in [1.29, 1.82) is 0 Å². The van der Waals surface area contributed by atoms with Gasteiger partial charge in [0.25, 0.3) is 5.91 Å². The summed E-state index contributed by atoms with van der Waals surface area (Å²) in [7, 11) is 0. The van der Waals surface area contributed by atoms with Gasteiger partial charge in [0.2, 0.25) is 0 Å². The molecule has 0 spiro atoms. The normalized spacial score (nSPS) is 22.1. The predicted molar refractivity (Wildman–Crippen MR) is 114 cm³/mol. The summed E-state index contributed by atoms with van der Waals surface area (Å²) in [5.74, 6) is 1.10. The Morgan fingerprint density at radius 3 is 2.52 bits per heavy atom. The van der Waals surface area contributed by atoms with Crippen LogP contribution in [0.2, 0.25) is 0 Å². The van der Waals surface area contributed by atoms with Crippen LogP contribution >= 0.6 is 0 Å². The van der Waals surface area contributed by atoms with E-state index >= 15 is 0 Å². The number of amides is 1. The predicted octanol–water partition coefficient (Wildman–Crippen LogP) is 4.24. The summed E-state index contributed by atoms with van der Waals surface area (Å²) < 4.78 is 0. The first-order valence-corrected chi connectivity index (χ1v) is 11.1. The van der Waals surface area contributed by atoms with Crippen molar-refractivity contribution in [3.05, 3.63) is 60.2 Å². The van der Waals surface area contributed by atoms with Crippen molar-refractivity contribution in [3.8, 4) is 0 Å². The van der Waals surface area contributed by atoms with E-state index in [0.29, 0.717) is 11.6 Å². The fourth-order valence-electron chi connectivity index (χ4n) is 4.97. The maximum Gasteiger partial charge on any atom is 0.270 e. The topological polar surface area (TPSA) is 58.1 Å². The van der Waals surface area contributed by atoms with E-state index < -0.39 is 0 Å². The Hall–Kier alpha value is -2.27. The number of nitrogens with zero attached hydrogens (tertiary/aromatic N) is 3. The van der Waals surface area contributed by atoms with Crippen LogP contribution in [0, 0.1) is 11.8 Å². The van der Waals surface area contributed by atoms with Gasteiger partial charge in [-0.15, -0.1) is 0 Å². The first-order chi connectivity index (χ1) is 14.3. The van der Waals surface area contributed by atoms with Gasteiger partial charge in [0.05, 0.1) is 11.7 Å². The molecule has 5 heteroatoms. The number of carbonyl (C=O) groups is 1. The summed E-state index contributed by atoms with van der Waals surface area (Å²) in [5.41, 5.74) is 1.41. The summed E-state index contributed by atoms with van der Waals surface area (Å²) in [6.45, 7) is 3.41. The summed E-state index contributed by atoms with van der Waals surface area (Å²) in [4.78, 5) is 24.3. The number of aromatic nitrogens is 2. The van der Waals surface area contributed by atoms with Gasteiger partial charge in [0, 0.05) is 25.5 Å². The van der Waals surface area contributed by atoms with Gasteiger partial charge in [0.15, 0.2) is 0 Å². The summed E-state index contributed by atoms with van der Waals surface area (Å²) in [5, 5.41) is 3.25. The molecule has 0 bridgehead atoms. The second-order valence-electron chi connectivity index (χ2n) is 8.59. The molecule has 154 valence electrons. The quantitative estimate of drug-likeness (QED) is 0.799. The SMILES string of the molecule is O=C(N[C@H](c1ccccn1)[C@H]1CCCN(CC2CCCCC2)C1)c1ccccn1. The van der Waals surface area contributed by atoms with Gasteiger partial charge in [-0.05, 0) is 68.3 Å². The van der Waals surface area contributed by atoms with Crippen LogP contribution in [0.4, 0.5) is 0 Å². The van der Waals surface area contributed by atoms with E-state index in [1.807, 2.05) is 36.5 Å². The van der Waals surface area contributed by atoms with Gasteiger partial charge in [0.1, 0.15) is 5.69 Å². The zero-order valence-corrected chi connectivity index (χ0v) is 17.2. The maximum absolute atomic E-state index is 12.9. The maximum atomic E-state index is 12.9. The van der Waals surface area contributed by atoms with Crippen LogP contribution < -0.4 is 5.32 Å². The number of pyridine rings is 2. The highest BCUT2D eigenvalue weighted by molar-refractivity contribution is 5.92. The Morgan fingerprint density at radius 2 is 1.79 bits per heavy atom. The van der Waals surface area contributed by atoms with Crippen molar-refractivity contribution in [2.75, 3.05) is 19.6 Å². The standard InChI is InChI=1S/C24H32N4O/c29-24(22-13-5-7-15-26-22)27-23(21-12-4-6-14-25-21)20-11-8-16-28(18-20)17-19-9-2-1-3-10-19/h4-7,12-15,19-20,23H,1-3,8-11,16-18H2,(H,27,29)/t20-,23-/m0/s1. The molecular formula is C24H32N4O. The number of likely N-dealkylation sites (tertiary alicyclic amines) is 1. The number of hydrogen-bond acceptors (Lipinski definition) is 4. The lowest BCUT2D eigenvalue weighted by atomic mass is 9.85. The lowest BCUT2D eigenvalue weighted by molar-refractivity contribution is 0.0851. The van der Waals surface area contributed by atoms with E-state index in [9.17, 15) is 4.79 Å². The minimum atomic E-state index is -0.120. The molecule has 2 fully saturated rings. The average Bonchev–Trinajstić information content (AvgIpc) is 2.79. The van der Waals surface area contributed by atoms with Crippen molar-refractivity contribution in [2.45, 2.75) is 51.0 Å². The third kappa shape index (κ3) is 5.41. The van der Waals surface area contributed by atoms with Crippen LogP contribution in [0.5, 0.6) is 0 Å². The highest BCUT2D eigenvalue weighted by Crippen LogP contribution is 2.31. The summed E-state index contributed by atoms with van der Waals surface area (Å²) >= 11 is 0. The van der Waals surface area contributed by atoms with E-state index in [1.54, 1.807) is 12.3 Å². The van der Waals surface area contributed by atoms with Crippen molar-refractivity contribution in [2.24, 2.45) is 11.8 Å². The van der Waals surface area contributed by atoms with Gasteiger partial charge in [-0.3, -0.25) is 14.8 Å². The van der Waals surface area contributed by atoms with Crippen LogP contribution in [0.3, 0.4) is 0 Å². The van der Waals surface area contributed by atoms with Crippen LogP contribution in [-0.4, -0.2) is 40.4 Å². The summed E-state index contributed by atoms with van der Waals surface area (Å²) in [6, 6.07) is 11.3. The van der Waals surface area contributed by atoms with Gasteiger partial charge in [-0.1, -0.05) is 31.4 Å². The highest BCUT2D eigenvalue weighted by atomic mass is 16.1. The fourth-order valence-corrected chi connectivity index (χ4v) is 4.97. The molecule has 2 atom stereocenters. The molecule has 29 heavy (non-hydrogen) atoms. The number of hydrogen-bond donors (Lipinski definition) is 1. The third-order valence-corrected chi connectivity index (χ3v) is 6.45. The Labute approximate surface area is 173 Å². The van der Waals surface area contributed by atoms with E-state index in [2.05, 4.69) is 20.2 Å². The van der Waals surface area contributed by atoms with E-state index in [1.165, 1.54) is 51.6 Å². The monoisotopic (exact) mass is 392 g/mol. The van der Waals surface area contributed by atoms with Crippen LogP contribution in [0.15, 0.2) is 48.8 Å². The minimum absolute atomic E-state index is 0.0835. The Morgan fingerprint density at radius 1 is 1.00 bits per heavy atom. The molecule has 1 aliphatic heterocycles. The molecule has 1 saturated heterocycles. The molecule has 2 aliphatic rings. The molecule has 0 aromatic carbocycles. The molecule has 5 nitrogen and oxygen atoms in total. The fraction of sp³-hybridized carbons (Fsp3) is 0.542. The molecule has 2 aromatic rings. The number of piperidine rings is 1. The van der Waals surface area contributed by atoms with E-state index in [4.69, 9.17) is 0 Å². The Bertz CT molecular complexity index is 761. The van der Waals surface area contributed by atoms with Crippen molar-refractivity contribution < 1.29 is 4.79 Å². The second-order valence-corrected chi connectivity index (χ2v) is 8.59. The van der Waals surface area contributed by atoms with Crippen LogP contribution in [-0.2, 0) is 0 Å². The van der Waals surface area contributed by atoms with Gasteiger partial charge in [-0.25, -0.2) is 0 Å². The van der Waals surface area contributed by atoms with Gasteiger partial charge >= 0.3 is 0 Å². The van der Waals surface area contributed by atoms with Crippen molar-refractivity contribution in [3.63, 3.8) is 0 Å². The van der Waals surface area contributed by atoms with E-state index in [0.717, 1.165) is 24.6 Å². The van der Waals surface area contributed by atoms with Crippen molar-refractivity contribution in [1.82, 2.24) is 20.2 Å².